The number of rotatable bonds is 2. The van der Waals surface area contributed by atoms with Crippen LogP contribution in [0.5, 0.6) is 0 Å². The summed E-state index contributed by atoms with van der Waals surface area (Å²) in [5, 5.41) is 3.50. The molecule has 1 N–H and O–H groups in total. The van der Waals surface area contributed by atoms with Gasteiger partial charge in [-0.2, -0.15) is 0 Å². The molecule has 0 unspecified atom stereocenters. The largest absolute Gasteiger partial charge is 0.440 e. The number of benzene rings is 7. The molecular formula is C48H33BN2O. The topological polar surface area (TPSA) is 32.2 Å². The molecule has 0 bridgehead atoms. The van der Waals surface area contributed by atoms with Crippen LogP contribution in [0.2, 0.25) is 0 Å². The first-order chi connectivity index (χ1) is 25.6. The van der Waals surface area contributed by atoms with Gasteiger partial charge in [0.2, 0.25) is 5.71 Å². The summed E-state index contributed by atoms with van der Waals surface area (Å²) in [6, 6.07) is 54.4. The van der Waals surface area contributed by atoms with Crippen LogP contribution in [0, 0.1) is 0 Å². The number of furan rings is 1. The second kappa shape index (κ2) is 9.95. The Balaban J connectivity index is 1.16. The Hall–Kier alpha value is -6.26. The third-order valence-corrected chi connectivity index (χ3v) is 12.2. The number of nitrogens with one attached hydrogen (secondary N) is 1. The predicted octanol–water partition coefficient (Wildman–Crippen LogP) is 10.7. The predicted molar refractivity (Wildman–Crippen MR) is 217 cm³/mol. The van der Waals surface area contributed by atoms with E-state index in [2.05, 4.69) is 163 Å². The summed E-state index contributed by atoms with van der Waals surface area (Å²) in [6.07, 6.45) is 0. The van der Waals surface area contributed by atoms with Crippen LogP contribution in [0.4, 0.5) is 17.1 Å². The van der Waals surface area contributed by atoms with Crippen molar-refractivity contribution >= 4 is 68.2 Å². The summed E-state index contributed by atoms with van der Waals surface area (Å²) in [5.74, 6) is 0.351. The molecular weight excluding hydrogens is 631 g/mol. The molecule has 4 heterocycles. The molecule has 0 amide bonds. The lowest BCUT2D eigenvalue weighted by molar-refractivity contribution is 0.657. The fourth-order valence-electron chi connectivity index (χ4n) is 10.1. The normalized spacial score (nSPS) is 14.4. The minimum atomic E-state index is -0.408. The average Bonchev–Trinajstić information content (AvgIpc) is 3.83. The molecule has 3 aliphatic rings. The molecule has 9 aromatic rings. The fraction of sp³-hybridized carbons (Fsp3) is 0.0833. The van der Waals surface area contributed by atoms with Gasteiger partial charge in [-0.05, 0) is 74.1 Å². The maximum atomic E-state index is 6.38. The Labute approximate surface area is 302 Å². The van der Waals surface area contributed by atoms with Crippen molar-refractivity contribution in [3.05, 3.63) is 173 Å². The van der Waals surface area contributed by atoms with Gasteiger partial charge in [0.1, 0.15) is 5.58 Å². The zero-order chi connectivity index (χ0) is 34.3. The SMILES string of the molecule is CC(C)c1cc(-c2cccc3c2[nH]c2oc4ccccc4c23)c2c(c1)N1c3ccccc3C3(c4ccccc4-c4ccccc43)c3cccc(c31)B2. The van der Waals surface area contributed by atoms with E-state index in [-0.39, 0.29) is 0 Å². The Kier molecular flexibility index (Phi) is 5.44. The van der Waals surface area contributed by atoms with Gasteiger partial charge >= 0.3 is 0 Å². The molecule has 1 aliphatic carbocycles. The van der Waals surface area contributed by atoms with Gasteiger partial charge in [0, 0.05) is 27.7 Å². The molecule has 2 aromatic heterocycles. The molecule has 0 saturated carbocycles. The van der Waals surface area contributed by atoms with E-state index < -0.39 is 5.41 Å². The standard InChI is InChI=1S/C48H33BN2O/c1-27(2)28-25-34(31-16-11-17-33-43-32-15-5-10-24-42(32)52-47(43)50-45(31)33)44-41(26-28)51-40-23-9-8-20-37(40)48(38-21-12-22-39(49-44)46(38)51)35-18-6-3-13-29(35)30-14-4-7-19-36(30)48/h3-27,49-50H,1-2H3. The highest BCUT2D eigenvalue weighted by molar-refractivity contribution is 6.73. The van der Waals surface area contributed by atoms with Crippen LogP contribution in [0.15, 0.2) is 150 Å². The average molecular weight is 665 g/mol. The molecule has 52 heavy (non-hydrogen) atoms. The number of H-pyrrole nitrogens is 1. The number of hydrogen-bond donors (Lipinski definition) is 1. The number of anilines is 3. The summed E-state index contributed by atoms with van der Waals surface area (Å²) < 4.78 is 6.38. The van der Waals surface area contributed by atoms with Crippen molar-refractivity contribution in [2.75, 3.05) is 4.90 Å². The van der Waals surface area contributed by atoms with Gasteiger partial charge in [-0.3, -0.25) is 0 Å². The monoisotopic (exact) mass is 664 g/mol. The molecule has 0 radical (unpaired) electrons. The first kappa shape index (κ1) is 28.4. The van der Waals surface area contributed by atoms with Crippen LogP contribution in [-0.2, 0) is 5.41 Å². The third kappa shape index (κ3) is 3.38. The Morgan fingerprint density at radius 2 is 1.25 bits per heavy atom. The van der Waals surface area contributed by atoms with Crippen LogP contribution in [0.3, 0.4) is 0 Å². The first-order valence-electron chi connectivity index (χ1n) is 18.4. The van der Waals surface area contributed by atoms with Crippen molar-refractivity contribution in [2.24, 2.45) is 0 Å². The van der Waals surface area contributed by atoms with Gasteiger partial charge in [0.25, 0.3) is 0 Å². The minimum Gasteiger partial charge on any atom is -0.440 e. The van der Waals surface area contributed by atoms with E-state index in [1.807, 2.05) is 6.07 Å². The molecule has 0 fully saturated rings. The van der Waals surface area contributed by atoms with Crippen LogP contribution in [0.25, 0.3) is 55.2 Å². The third-order valence-electron chi connectivity index (χ3n) is 12.2. The quantitative estimate of drug-likeness (QED) is 0.187. The van der Waals surface area contributed by atoms with Gasteiger partial charge in [0.05, 0.1) is 22.0 Å². The Morgan fingerprint density at radius 3 is 2.06 bits per heavy atom. The molecule has 0 saturated heterocycles. The summed E-state index contributed by atoms with van der Waals surface area (Å²) in [4.78, 5) is 6.35. The summed E-state index contributed by atoms with van der Waals surface area (Å²) in [5.41, 5.74) is 21.0. The van der Waals surface area contributed by atoms with Gasteiger partial charge < -0.3 is 14.3 Å². The highest BCUT2D eigenvalue weighted by atomic mass is 16.3. The van der Waals surface area contributed by atoms with Crippen LogP contribution < -0.4 is 15.8 Å². The van der Waals surface area contributed by atoms with Crippen molar-refractivity contribution in [2.45, 2.75) is 25.2 Å². The number of nitrogens with zero attached hydrogens (tertiary/aromatic N) is 1. The second-order valence-corrected chi connectivity index (χ2v) is 15.1. The zero-order valence-electron chi connectivity index (χ0n) is 29.0. The fourth-order valence-corrected chi connectivity index (χ4v) is 10.1. The maximum Gasteiger partial charge on any atom is 0.206 e. The van der Waals surface area contributed by atoms with E-state index >= 15 is 0 Å². The van der Waals surface area contributed by atoms with Crippen molar-refractivity contribution < 1.29 is 4.42 Å². The van der Waals surface area contributed by atoms with E-state index in [0.29, 0.717) is 5.92 Å². The molecule has 2 aliphatic heterocycles. The number of aromatic nitrogens is 1. The van der Waals surface area contributed by atoms with Crippen LogP contribution in [0.1, 0.15) is 47.6 Å². The molecule has 1 spiro atoms. The Morgan fingerprint density at radius 1 is 0.596 bits per heavy atom. The Bertz CT molecular complexity index is 2950. The highest BCUT2D eigenvalue weighted by Crippen LogP contribution is 2.63. The van der Waals surface area contributed by atoms with E-state index in [9.17, 15) is 0 Å². The van der Waals surface area contributed by atoms with Gasteiger partial charge in [0.15, 0.2) is 7.28 Å². The van der Waals surface area contributed by atoms with Crippen molar-refractivity contribution in [1.29, 1.82) is 0 Å². The smallest absolute Gasteiger partial charge is 0.206 e. The molecule has 244 valence electrons. The van der Waals surface area contributed by atoms with E-state index in [1.54, 1.807) is 0 Å². The molecule has 7 aromatic carbocycles. The number of aromatic amines is 1. The summed E-state index contributed by atoms with van der Waals surface area (Å²) in [7, 11) is 0.848. The highest BCUT2D eigenvalue weighted by Gasteiger charge is 2.52. The number of hydrogen-bond acceptors (Lipinski definition) is 2. The van der Waals surface area contributed by atoms with Crippen LogP contribution in [-0.4, -0.2) is 12.3 Å². The molecule has 0 atom stereocenters. The lowest BCUT2D eigenvalue weighted by Crippen LogP contribution is -2.47. The van der Waals surface area contributed by atoms with E-state index in [0.717, 1.165) is 34.9 Å². The summed E-state index contributed by atoms with van der Waals surface area (Å²) in [6.45, 7) is 4.63. The van der Waals surface area contributed by atoms with Gasteiger partial charge in [-0.1, -0.05) is 147 Å². The molecule has 3 nitrogen and oxygen atoms in total. The molecule has 4 heteroatoms. The minimum absolute atomic E-state index is 0.351. The lowest BCUT2D eigenvalue weighted by atomic mass is 9.54. The van der Waals surface area contributed by atoms with Crippen molar-refractivity contribution in [1.82, 2.24) is 4.98 Å². The lowest BCUT2D eigenvalue weighted by Gasteiger charge is -2.48. The maximum absolute atomic E-state index is 6.38. The zero-order valence-corrected chi connectivity index (χ0v) is 29.0. The van der Waals surface area contributed by atoms with E-state index in [4.69, 9.17) is 4.42 Å². The van der Waals surface area contributed by atoms with Crippen molar-refractivity contribution in [3.8, 4) is 22.3 Å². The van der Waals surface area contributed by atoms with Crippen LogP contribution >= 0.6 is 0 Å². The van der Waals surface area contributed by atoms with Crippen molar-refractivity contribution in [3.63, 3.8) is 0 Å². The second-order valence-electron chi connectivity index (χ2n) is 15.1. The first-order valence-corrected chi connectivity index (χ1v) is 18.4. The number of fused-ring (bicyclic) bond motifs is 16. The van der Waals surface area contributed by atoms with Gasteiger partial charge in [-0.15, -0.1) is 0 Å². The van der Waals surface area contributed by atoms with E-state index in [1.165, 1.54) is 83.4 Å². The summed E-state index contributed by atoms with van der Waals surface area (Å²) >= 11 is 0. The van der Waals surface area contributed by atoms with Gasteiger partial charge in [-0.25, -0.2) is 0 Å². The molecule has 12 rings (SSSR count). The number of para-hydroxylation sites is 4.